The van der Waals surface area contributed by atoms with E-state index in [1.54, 1.807) is 0 Å². The average Bonchev–Trinajstić information content (AvgIpc) is 2.38. The lowest BCUT2D eigenvalue weighted by Gasteiger charge is -2.48. The zero-order chi connectivity index (χ0) is 20.1. The van der Waals surface area contributed by atoms with E-state index in [4.69, 9.17) is 11.6 Å². The maximum atomic E-state index is 14.1. The van der Waals surface area contributed by atoms with Crippen LogP contribution >= 0.6 is 11.6 Å². The molecule has 1 saturated carbocycles. The van der Waals surface area contributed by atoms with Gasteiger partial charge in [0.05, 0.1) is 11.5 Å². The summed E-state index contributed by atoms with van der Waals surface area (Å²) in [6.07, 6.45) is -24.3. The molecule has 0 aromatic rings. The lowest BCUT2D eigenvalue weighted by Crippen LogP contribution is -2.70. The molecule has 0 radical (unpaired) electrons. The number of ether oxygens (including phenoxy) is 1. The van der Waals surface area contributed by atoms with Crippen molar-refractivity contribution in [1.82, 2.24) is 0 Å². The van der Waals surface area contributed by atoms with Crippen molar-refractivity contribution in [1.29, 1.82) is 0 Å². The standard InChI is InChI=1S/C11H9ClF12O/c12-4-1-8(17,10(19,20)21)9(18,11(22,23)24)2-5(4)25-3-7(15,16)6(13)14/h4-6H,1-3H2/t4-,5-,8+,9-/m1/s1. The highest BCUT2D eigenvalue weighted by Crippen LogP contribution is 2.59. The molecule has 150 valence electrons. The van der Waals surface area contributed by atoms with Gasteiger partial charge in [-0.05, 0) is 0 Å². The summed E-state index contributed by atoms with van der Waals surface area (Å²) in [6.45, 7) is -2.24. The highest BCUT2D eigenvalue weighted by Gasteiger charge is 2.81. The Hall–Kier alpha value is -0.590. The van der Waals surface area contributed by atoms with Gasteiger partial charge in [0.15, 0.2) is 0 Å². The Bertz CT molecular complexity index is 477. The molecule has 0 aliphatic heterocycles. The van der Waals surface area contributed by atoms with Crippen molar-refractivity contribution in [2.24, 2.45) is 0 Å². The van der Waals surface area contributed by atoms with Crippen LogP contribution < -0.4 is 0 Å². The maximum Gasteiger partial charge on any atom is 0.426 e. The van der Waals surface area contributed by atoms with Crippen molar-refractivity contribution < 1.29 is 57.4 Å². The van der Waals surface area contributed by atoms with Crippen LogP contribution in [0.3, 0.4) is 0 Å². The van der Waals surface area contributed by atoms with Crippen LogP contribution in [-0.4, -0.2) is 54.1 Å². The van der Waals surface area contributed by atoms with Gasteiger partial charge >= 0.3 is 24.7 Å². The van der Waals surface area contributed by atoms with Crippen LogP contribution in [0.2, 0.25) is 0 Å². The molecule has 0 saturated heterocycles. The van der Waals surface area contributed by atoms with Gasteiger partial charge < -0.3 is 4.74 Å². The maximum absolute atomic E-state index is 14.1. The van der Waals surface area contributed by atoms with Gasteiger partial charge in [-0.3, -0.25) is 0 Å². The van der Waals surface area contributed by atoms with Gasteiger partial charge in [-0.25, -0.2) is 17.6 Å². The summed E-state index contributed by atoms with van der Waals surface area (Å²) in [4.78, 5) is 0. The van der Waals surface area contributed by atoms with Gasteiger partial charge in [0.25, 0.3) is 5.67 Å². The van der Waals surface area contributed by atoms with Crippen molar-refractivity contribution in [2.75, 3.05) is 6.61 Å². The van der Waals surface area contributed by atoms with Crippen LogP contribution in [0.4, 0.5) is 52.7 Å². The minimum absolute atomic E-state index is 2.24. The predicted octanol–water partition coefficient (Wildman–Crippen LogP) is 5.21. The molecular formula is C11H9ClF12O. The molecular weight excluding hydrogens is 412 g/mol. The lowest BCUT2D eigenvalue weighted by molar-refractivity contribution is -0.360. The largest absolute Gasteiger partial charge is 0.426 e. The molecule has 0 bridgehead atoms. The minimum atomic E-state index is -6.40. The Morgan fingerprint density at radius 3 is 1.64 bits per heavy atom. The van der Waals surface area contributed by atoms with Gasteiger partial charge in [0, 0.05) is 12.8 Å². The third-order valence-electron chi connectivity index (χ3n) is 3.70. The van der Waals surface area contributed by atoms with Gasteiger partial charge in [0.1, 0.15) is 6.61 Å². The van der Waals surface area contributed by atoms with E-state index in [0.29, 0.717) is 0 Å². The van der Waals surface area contributed by atoms with Crippen LogP contribution in [0.1, 0.15) is 12.8 Å². The first-order valence-electron chi connectivity index (χ1n) is 6.32. The minimum Gasteiger partial charge on any atom is -0.370 e. The third-order valence-corrected chi connectivity index (χ3v) is 4.13. The molecule has 25 heavy (non-hydrogen) atoms. The number of alkyl halides is 13. The van der Waals surface area contributed by atoms with Crippen LogP contribution in [-0.2, 0) is 4.74 Å². The summed E-state index contributed by atoms with van der Waals surface area (Å²) < 4.78 is 158. The van der Waals surface area contributed by atoms with Gasteiger partial charge in [-0.15, -0.1) is 11.6 Å². The zero-order valence-corrected chi connectivity index (χ0v) is 12.4. The molecule has 4 atom stereocenters. The topological polar surface area (TPSA) is 9.23 Å². The summed E-state index contributed by atoms with van der Waals surface area (Å²) in [5.41, 5.74) is -11.0. The molecule has 1 aliphatic rings. The molecule has 1 aliphatic carbocycles. The smallest absolute Gasteiger partial charge is 0.370 e. The second kappa shape index (κ2) is 6.54. The van der Waals surface area contributed by atoms with E-state index in [2.05, 4.69) is 4.74 Å². The van der Waals surface area contributed by atoms with Crippen LogP contribution in [0.5, 0.6) is 0 Å². The van der Waals surface area contributed by atoms with Crippen molar-refractivity contribution >= 4 is 11.6 Å². The molecule has 0 unspecified atom stereocenters. The van der Waals surface area contributed by atoms with Gasteiger partial charge in [-0.1, -0.05) is 0 Å². The Morgan fingerprint density at radius 2 is 1.28 bits per heavy atom. The zero-order valence-electron chi connectivity index (χ0n) is 11.7. The molecule has 1 rings (SSSR count). The van der Waals surface area contributed by atoms with Crippen molar-refractivity contribution in [2.45, 2.75) is 60.4 Å². The van der Waals surface area contributed by atoms with E-state index in [1.165, 1.54) is 0 Å². The van der Waals surface area contributed by atoms with Crippen molar-refractivity contribution in [3.63, 3.8) is 0 Å². The van der Waals surface area contributed by atoms with E-state index < -0.39 is 67.0 Å². The van der Waals surface area contributed by atoms with Crippen LogP contribution in [0.25, 0.3) is 0 Å². The number of rotatable bonds is 4. The van der Waals surface area contributed by atoms with Crippen molar-refractivity contribution in [3.8, 4) is 0 Å². The Balaban J connectivity index is 3.15. The Labute approximate surface area is 137 Å². The highest BCUT2D eigenvalue weighted by atomic mass is 35.5. The Morgan fingerprint density at radius 1 is 0.880 bits per heavy atom. The first-order chi connectivity index (χ1) is 10.9. The summed E-state index contributed by atoms with van der Waals surface area (Å²) in [7, 11) is 0. The van der Waals surface area contributed by atoms with Gasteiger partial charge in [-0.2, -0.15) is 35.1 Å². The monoisotopic (exact) mass is 420 g/mol. The van der Waals surface area contributed by atoms with E-state index in [-0.39, 0.29) is 0 Å². The van der Waals surface area contributed by atoms with Crippen molar-refractivity contribution in [3.05, 3.63) is 0 Å². The van der Waals surface area contributed by atoms with Gasteiger partial charge in [0.2, 0.25) is 5.67 Å². The molecule has 1 nitrogen and oxygen atoms in total. The molecule has 0 aromatic carbocycles. The molecule has 0 heterocycles. The fourth-order valence-electron chi connectivity index (χ4n) is 2.25. The summed E-state index contributed by atoms with van der Waals surface area (Å²) in [5.74, 6) is -4.87. The molecule has 0 spiro atoms. The molecule has 0 amide bonds. The molecule has 0 aromatic heterocycles. The summed E-state index contributed by atoms with van der Waals surface area (Å²) >= 11 is 5.23. The second-order valence-electron chi connectivity index (χ2n) is 5.43. The van der Waals surface area contributed by atoms with E-state index in [1.807, 2.05) is 0 Å². The third kappa shape index (κ3) is 3.91. The summed E-state index contributed by atoms with van der Waals surface area (Å²) in [6, 6.07) is 0. The number of halogens is 13. The van der Waals surface area contributed by atoms with E-state index in [0.717, 1.165) is 0 Å². The first-order valence-corrected chi connectivity index (χ1v) is 6.75. The highest BCUT2D eigenvalue weighted by molar-refractivity contribution is 6.21. The summed E-state index contributed by atoms with van der Waals surface area (Å²) in [5, 5.41) is -2.33. The van der Waals surface area contributed by atoms with E-state index in [9.17, 15) is 52.7 Å². The fraction of sp³-hybridized carbons (Fsp3) is 1.00. The average molecular weight is 421 g/mol. The molecule has 0 N–H and O–H groups in total. The number of hydrogen-bond donors (Lipinski definition) is 0. The lowest BCUT2D eigenvalue weighted by atomic mass is 9.71. The normalized spacial score (nSPS) is 35.3. The molecule has 1 fully saturated rings. The van der Waals surface area contributed by atoms with Crippen LogP contribution in [0.15, 0.2) is 0 Å². The SMILES string of the molecule is FC(F)C(F)(F)CO[C@@H]1C[C@](F)(C(F)(F)F)[C@](F)(C(F)(F)F)C[C@H]1Cl. The Kier molecular flexibility index (Phi) is 5.87. The van der Waals surface area contributed by atoms with E-state index >= 15 is 0 Å². The first kappa shape index (κ1) is 22.5. The van der Waals surface area contributed by atoms with Crippen LogP contribution in [0, 0.1) is 0 Å². The second-order valence-corrected chi connectivity index (χ2v) is 5.99. The molecule has 14 heteroatoms. The predicted molar refractivity (Wildman–Crippen MR) is 59.4 cm³/mol. The number of hydrogen-bond acceptors (Lipinski definition) is 1. The fourth-order valence-corrected chi connectivity index (χ4v) is 2.63. The quantitative estimate of drug-likeness (QED) is 0.448.